The molecule has 1 saturated heterocycles. The highest BCUT2D eigenvalue weighted by Gasteiger charge is 2.50. The molecule has 1 aliphatic rings. The van der Waals surface area contributed by atoms with Crippen LogP contribution in [0, 0.1) is 5.41 Å². The van der Waals surface area contributed by atoms with Gasteiger partial charge in [0.1, 0.15) is 6.10 Å². The second-order valence-corrected chi connectivity index (χ2v) is 5.20. The fourth-order valence-corrected chi connectivity index (χ4v) is 1.72. The number of carbonyl (C=O) groups is 1. The maximum Gasteiger partial charge on any atom is 0.377 e. The number of alkyl halides is 2. The van der Waals surface area contributed by atoms with E-state index in [0.29, 0.717) is 13.0 Å². The first-order valence-electron chi connectivity index (χ1n) is 5.67. The predicted octanol–water partition coefficient (Wildman–Crippen LogP) is 0.935. The van der Waals surface area contributed by atoms with E-state index in [1.54, 1.807) is 0 Å². The Morgan fingerprint density at radius 2 is 2.24 bits per heavy atom. The van der Waals surface area contributed by atoms with Crippen LogP contribution in [0.15, 0.2) is 0 Å². The van der Waals surface area contributed by atoms with Crippen molar-refractivity contribution >= 4 is 5.97 Å². The lowest BCUT2D eigenvalue weighted by atomic mass is 9.90. The molecule has 0 spiro atoms. The summed E-state index contributed by atoms with van der Waals surface area (Å²) in [6.45, 7) is 4.81. The van der Waals surface area contributed by atoms with Gasteiger partial charge in [-0.05, 0) is 11.8 Å². The minimum Gasteiger partial charge on any atom is -0.456 e. The van der Waals surface area contributed by atoms with Crippen molar-refractivity contribution in [2.75, 3.05) is 19.7 Å². The Morgan fingerprint density at radius 3 is 2.71 bits per heavy atom. The third-order valence-electron chi connectivity index (χ3n) is 2.82. The van der Waals surface area contributed by atoms with Gasteiger partial charge in [-0.1, -0.05) is 13.8 Å². The number of esters is 1. The van der Waals surface area contributed by atoms with Crippen molar-refractivity contribution in [2.24, 2.45) is 5.41 Å². The number of aliphatic hydroxyl groups excluding tert-OH is 1. The molecule has 17 heavy (non-hydrogen) atoms. The molecule has 0 aromatic carbocycles. The third-order valence-corrected chi connectivity index (χ3v) is 2.82. The lowest BCUT2D eigenvalue weighted by Crippen LogP contribution is -2.35. The van der Waals surface area contributed by atoms with Gasteiger partial charge < -0.3 is 15.2 Å². The number of ether oxygens (including phenoxy) is 1. The van der Waals surface area contributed by atoms with Gasteiger partial charge >= 0.3 is 11.9 Å². The van der Waals surface area contributed by atoms with Crippen molar-refractivity contribution in [3.63, 3.8) is 0 Å². The van der Waals surface area contributed by atoms with Crippen LogP contribution >= 0.6 is 0 Å². The van der Waals surface area contributed by atoms with Crippen molar-refractivity contribution in [1.29, 1.82) is 0 Å². The van der Waals surface area contributed by atoms with Crippen LogP contribution in [0.3, 0.4) is 0 Å². The Balaban J connectivity index is 2.27. The summed E-state index contributed by atoms with van der Waals surface area (Å²) in [5, 5.41) is 11.8. The first-order chi connectivity index (χ1) is 7.77. The maximum absolute atomic E-state index is 12.8. The van der Waals surface area contributed by atoms with Gasteiger partial charge in [0, 0.05) is 19.7 Å². The van der Waals surface area contributed by atoms with Crippen LogP contribution in [0.5, 0.6) is 0 Å². The van der Waals surface area contributed by atoms with Crippen molar-refractivity contribution in [3.8, 4) is 0 Å². The van der Waals surface area contributed by atoms with Crippen molar-refractivity contribution < 1.29 is 23.4 Å². The van der Waals surface area contributed by atoms with E-state index < -0.39 is 24.4 Å². The van der Waals surface area contributed by atoms with Crippen LogP contribution in [0.2, 0.25) is 0 Å². The molecule has 0 aromatic heterocycles. The molecule has 0 bridgehead atoms. The van der Waals surface area contributed by atoms with Gasteiger partial charge in [-0.2, -0.15) is 8.78 Å². The molecule has 0 saturated carbocycles. The van der Waals surface area contributed by atoms with Gasteiger partial charge in [-0.3, -0.25) is 0 Å². The Labute approximate surface area is 99.3 Å². The lowest BCUT2D eigenvalue weighted by Gasteiger charge is -2.24. The lowest BCUT2D eigenvalue weighted by molar-refractivity contribution is -0.159. The SMILES string of the molecule is CC(C)(CCO)CNCC1CC(F)(F)C(=O)O1. The molecule has 0 aromatic rings. The summed E-state index contributed by atoms with van der Waals surface area (Å²) in [6, 6.07) is 0. The van der Waals surface area contributed by atoms with Crippen molar-refractivity contribution in [1.82, 2.24) is 5.32 Å². The summed E-state index contributed by atoms with van der Waals surface area (Å²) in [5.41, 5.74) is -0.111. The largest absolute Gasteiger partial charge is 0.456 e. The number of cyclic esters (lactones) is 1. The molecule has 1 unspecified atom stereocenters. The Morgan fingerprint density at radius 1 is 1.59 bits per heavy atom. The predicted molar refractivity (Wildman–Crippen MR) is 57.8 cm³/mol. The molecule has 100 valence electrons. The molecular formula is C11H19F2NO3. The van der Waals surface area contributed by atoms with Gasteiger partial charge in [-0.15, -0.1) is 0 Å². The Hall–Kier alpha value is -0.750. The molecule has 4 nitrogen and oxygen atoms in total. The summed E-state index contributed by atoms with van der Waals surface area (Å²) in [7, 11) is 0. The van der Waals surface area contributed by atoms with E-state index in [2.05, 4.69) is 10.1 Å². The van der Waals surface area contributed by atoms with Crippen LogP contribution in [0.4, 0.5) is 8.78 Å². The summed E-state index contributed by atoms with van der Waals surface area (Å²) in [4.78, 5) is 10.7. The number of hydrogen-bond acceptors (Lipinski definition) is 4. The number of halogens is 2. The van der Waals surface area contributed by atoms with Crippen molar-refractivity contribution in [2.45, 2.75) is 38.7 Å². The van der Waals surface area contributed by atoms with Gasteiger partial charge in [0.2, 0.25) is 0 Å². The average molecular weight is 251 g/mol. The fourth-order valence-electron chi connectivity index (χ4n) is 1.72. The first kappa shape index (κ1) is 14.3. The summed E-state index contributed by atoms with van der Waals surface area (Å²) < 4.78 is 30.2. The molecule has 0 aliphatic carbocycles. The molecule has 2 N–H and O–H groups in total. The average Bonchev–Trinajstić information content (AvgIpc) is 2.39. The molecule has 1 aliphatic heterocycles. The minimum absolute atomic E-state index is 0.0885. The van der Waals surface area contributed by atoms with Crippen LogP contribution in [0.25, 0.3) is 0 Å². The van der Waals surface area contributed by atoms with E-state index in [-0.39, 0.29) is 18.6 Å². The van der Waals surface area contributed by atoms with Crippen LogP contribution < -0.4 is 5.32 Å². The number of aliphatic hydroxyl groups is 1. The highest BCUT2D eigenvalue weighted by Crippen LogP contribution is 2.30. The van der Waals surface area contributed by atoms with E-state index in [0.717, 1.165) is 0 Å². The van der Waals surface area contributed by atoms with Gasteiger partial charge in [0.25, 0.3) is 0 Å². The second-order valence-electron chi connectivity index (χ2n) is 5.20. The molecular weight excluding hydrogens is 232 g/mol. The van der Waals surface area contributed by atoms with E-state index >= 15 is 0 Å². The summed E-state index contributed by atoms with van der Waals surface area (Å²) >= 11 is 0. The smallest absolute Gasteiger partial charge is 0.377 e. The van der Waals surface area contributed by atoms with E-state index in [1.807, 2.05) is 13.8 Å². The zero-order valence-corrected chi connectivity index (χ0v) is 10.1. The molecule has 1 fully saturated rings. The Bertz CT molecular complexity index is 282. The standard InChI is InChI=1S/C11H19F2NO3/c1-10(2,3-4-15)7-14-6-8-5-11(12,13)9(16)17-8/h8,14-15H,3-7H2,1-2H3. The minimum atomic E-state index is -3.34. The fraction of sp³-hybridized carbons (Fsp3) is 0.909. The molecule has 0 radical (unpaired) electrons. The number of rotatable bonds is 6. The molecule has 6 heteroatoms. The second kappa shape index (κ2) is 5.27. The van der Waals surface area contributed by atoms with Gasteiger partial charge in [0.15, 0.2) is 0 Å². The highest BCUT2D eigenvalue weighted by molar-refractivity contribution is 5.79. The van der Waals surface area contributed by atoms with Crippen LogP contribution in [-0.4, -0.2) is 42.8 Å². The van der Waals surface area contributed by atoms with E-state index in [4.69, 9.17) is 5.11 Å². The van der Waals surface area contributed by atoms with E-state index in [9.17, 15) is 13.6 Å². The number of nitrogens with one attached hydrogen (secondary N) is 1. The van der Waals surface area contributed by atoms with Crippen molar-refractivity contribution in [3.05, 3.63) is 0 Å². The first-order valence-corrected chi connectivity index (χ1v) is 5.67. The summed E-state index contributed by atoms with van der Waals surface area (Å²) in [5.74, 6) is -4.77. The molecule has 1 heterocycles. The Kier molecular flexibility index (Phi) is 4.43. The molecule has 0 amide bonds. The number of carbonyl (C=O) groups excluding carboxylic acids is 1. The zero-order valence-electron chi connectivity index (χ0n) is 10.1. The monoisotopic (exact) mass is 251 g/mol. The van der Waals surface area contributed by atoms with Crippen LogP contribution in [0.1, 0.15) is 26.7 Å². The molecule has 1 atom stereocenters. The molecule has 1 rings (SSSR count). The highest BCUT2D eigenvalue weighted by atomic mass is 19.3. The van der Waals surface area contributed by atoms with Crippen LogP contribution in [-0.2, 0) is 9.53 Å². The topological polar surface area (TPSA) is 58.6 Å². The van der Waals surface area contributed by atoms with Gasteiger partial charge in [0.05, 0.1) is 6.42 Å². The normalized spacial score (nSPS) is 23.8. The maximum atomic E-state index is 12.8. The third kappa shape index (κ3) is 4.20. The summed E-state index contributed by atoms with van der Waals surface area (Å²) in [6.07, 6.45) is -0.692. The van der Waals surface area contributed by atoms with Gasteiger partial charge in [-0.25, -0.2) is 4.79 Å². The van der Waals surface area contributed by atoms with E-state index in [1.165, 1.54) is 0 Å². The number of hydrogen-bond donors (Lipinski definition) is 2. The zero-order chi connectivity index (χ0) is 13.1. The quantitative estimate of drug-likeness (QED) is 0.690.